The first kappa shape index (κ1) is 14.4. The van der Waals surface area contributed by atoms with Gasteiger partial charge in [-0.3, -0.25) is 4.90 Å². The Morgan fingerprint density at radius 1 is 1.42 bits per heavy atom. The number of benzene rings is 1. The van der Waals surface area contributed by atoms with E-state index in [9.17, 15) is 8.78 Å². The van der Waals surface area contributed by atoms with Gasteiger partial charge in [-0.05, 0) is 56.5 Å². The molecule has 0 aliphatic carbocycles. The fourth-order valence-electron chi connectivity index (χ4n) is 2.87. The van der Waals surface area contributed by atoms with E-state index in [4.69, 9.17) is 5.73 Å². The number of nitrogens with two attached hydrogens (primary N) is 1. The van der Waals surface area contributed by atoms with Crippen LogP contribution in [-0.2, 0) is 0 Å². The molecule has 3 unspecified atom stereocenters. The van der Waals surface area contributed by atoms with Gasteiger partial charge in [0.05, 0.1) is 0 Å². The maximum Gasteiger partial charge on any atom is 0.128 e. The molecule has 0 saturated carbocycles. The van der Waals surface area contributed by atoms with Crippen LogP contribution in [0, 0.1) is 23.5 Å². The number of hydrogen-bond acceptors (Lipinski definition) is 2. The predicted molar refractivity (Wildman–Crippen MR) is 72.7 cm³/mol. The van der Waals surface area contributed by atoms with Crippen molar-refractivity contribution in [2.45, 2.75) is 26.3 Å². The van der Waals surface area contributed by atoms with Gasteiger partial charge in [0.1, 0.15) is 11.6 Å². The number of rotatable bonds is 3. The Morgan fingerprint density at radius 2 is 2.16 bits per heavy atom. The molecule has 1 heterocycles. The van der Waals surface area contributed by atoms with E-state index in [0.717, 1.165) is 25.6 Å². The van der Waals surface area contributed by atoms with Gasteiger partial charge in [-0.2, -0.15) is 0 Å². The van der Waals surface area contributed by atoms with E-state index < -0.39 is 0 Å². The van der Waals surface area contributed by atoms with Crippen LogP contribution in [0.3, 0.4) is 0 Å². The van der Waals surface area contributed by atoms with Crippen LogP contribution in [0.15, 0.2) is 18.2 Å². The van der Waals surface area contributed by atoms with Gasteiger partial charge >= 0.3 is 0 Å². The molecule has 2 nitrogen and oxygen atoms in total. The molecule has 1 aliphatic heterocycles. The summed E-state index contributed by atoms with van der Waals surface area (Å²) in [5.74, 6) is 0.319. The molecule has 1 aromatic rings. The van der Waals surface area contributed by atoms with Crippen LogP contribution in [-0.4, -0.2) is 24.5 Å². The summed E-state index contributed by atoms with van der Waals surface area (Å²) in [5, 5.41) is 0. The first-order valence-corrected chi connectivity index (χ1v) is 6.92. The Kier molecular flexibility index (Phi) is 4.53. The second kappa shape index (κ2) is 5.97. The summed E-state index contributed by atoms with van der Waals surface area (Å²) in [6, 6.07) is 3.55. The monoisotopic (exact) mass is 268 g/mol. The molecule has 0 amide bonds. The van der Waals surface area contributed by atoms with Crippen molar-refractivity contribution in [3.63, 3.8) is 0 Å². The van der Waals surface area contributed by atoms with Crippen LogP contribution in [0.2, 0.25) is 0 Å². The Bertz CT molecular complexity index is 436. The molecule has 0 bridgehead atoms. The summed E-state index contributed by atoms with van der Waals surface area (Å²) in [4.78, 5) is 2.20. The topological polar surface area (TPSA) is 29.3 Å². The fraction of sp³-hybridized carbons (Fsp3) is 0.600. The molecule has 1 saturated heterocycles. The Hall–Kier alpha value is -1.00. The highest BCUT2D eigenvalue weighted by Gasteiger charge is 2.29. The molecule has 1 fully saturated rings. The zero-order valence-corrected chi connectivity index (χ0v) is 11.6. The van der Waals surface area contributed by atoms with Gasteiger partial charge in [-0.15, -0.1) is 0 Å². The van der Waals surface area contributed by atoms with Crippen molar-refractivity contribution in [2.24, 2.45) is 17.6 Å². The van der Waals surface area contributed by atoms with Crippen LogP contribution in [0.4, 0.5) is 8.78 Å². The van der Waals surface area contributed by atoms with Gasteiger partial charge in [-0.1, -0.05) is 6.92 Å². The van der Waals surface area contributed by atoms with Gasteiger partial charge < -0.3 is 5.73 Å². The summed E-state index contributed by atoms with van der Waals surface area (Å²) >= 11 is 0. The van der Waals surface area contributed by atoms with E-state index in [1.807, 2.05) is 6.92 Å². The van der Waals surface area contributed by atoms with Gasteiger partial charge in [0.25, 0.3) is 0 Å². The summed E-state index contributed by atoms with van der Waals surface area (Å²) in [7, 11) is 0. The number of piperidine rings is 1. The molecule has 2 rings (SSSR count). The first-order valence-electron chi connectivity index (χ1n) is 6.92. The van der Waals surface area contributed by atoms with Crippen LogP contribution in [0.5, 0.6) is 0 Å². The summed E-state index contributed by atoms with van der Waals surface area (Å²) in [6.45, 7) is 6.56. The van der Waals surface area contributed by atoms with Gasteiger partial charge in [0.2, 0.25) is 0 Å². The van der Waals surface area contributed by atoms with Gasteiger partial charge in [0.15, 0.2) is 0 Å². The number of halogens is 2. The molecular formula is C15H22F2N2. The lowest BCUT2D eigenvalue weighted by Crippen LogP contribution is -2.43. The molecule has 4 heteroatoms. The predicted octanol–water partition coefficient (Wildman–Crippen LogP) is 2.94. The number of nitrogens with zero attached hydrogens (tertiary/aromatic N) is 1. The van der Waals surface area contributed by atoms with E-state index in [0.29, 0.717) is 23.9 Å². The second-order valence-electron chi connectivity index (χ2n) is 5.60. The van der Waals surface area contributed by atoms with Gasteiger partial charge in [-0.25, -0.2) is 8.78 Å². The van der Waals surface area contributed by atoms with Crippen molar-refractivity contribution < 1.29 is 8.78 Å². The SMILES string of the molecule is CC1CCN(C(C)c2cc(F)ccc2F)CC1CN. The van der Waals surface area contributed by atoms with E-state index in [1.54, 1.807) is 0 Å². The standard InChI is InChI=1S/C15H22F2N2/c1-10-5-6-19(9-12(10)8-18)11(2)14-7-13(16)3-4-15(14)17/h3-4,7,10-12H,5-6,8-9,18H2,1-2H3. The van der Waals surface area contributed by atoms with Crippen molar-refractivity contribution in [1.82, 2.24) is 4.90 Å². The zero-order valence-electron chi connectivity index (χ0n) is 11.6. The van der Waals surface area contributed by atoms with E-state index in [1.165, 1.54) is 12.1 Å². The fourth-order valence-corrected chi connectivity index (χ4v) is 2.87. The van der Waals surface area contributed by atoms with E-state index >= 15 is 0 Å². The third kappa shape index (κ3) is 3.12. The minimum Gasteiger partial charge on any atom is -0.330 e. The average Bonchev–Trinajstić information content (AvgIpc) is 2.41. The summed E-state index contributed by atoms with van der Waals surface area (Å²) in [5.41, 5.74) is 6.22. The lowest BCUT2D eigenvalue weighted by Gasteiger charge is -2.40. The van der Waals surface area contributed by atoms with Crippen molar-refractivity contribution in [3.8, 4) is 0 Å². The Morgan fingerprint density at radius 3 is 2.84 bits per heavy atom. The quantitative estimate of drug-likeness (QED) is 0.913. The molecule has 0 spiro atoms. The highest BCUT2D eigenvalue weighted by Crippen LogP contribution is 2.30. The van der Waals surface area contributed by atoms with Crippen LogP contribution < -0.4 is 5.73 Å². The van der Waals surface area contributed by atoms with Crippen LogP contribution in [0.1, 0.15) is 31.9 Å². The van der Waals surface area contributed by atoms with Gasteiger partial charge in [0, 0.05) is 18.2 Å². The normalized spacial score (nSPS) is 26.4. The molecule has 19 heavy (non-hydrogen) atoms. The molecule has 106 valence electrons. The number of likely N-dealkylation sites (tertiary alicyclic amines) is 1. The molecule has 0 aromatic heterocycles. The average molecular weight is 268 g/mol. The lowest BCUT2D eigenvalue weighted by molar-refractivity contribution is 0.0962. The molecule has 3 atom stereocenters. The Labute approximate surface area is 113 Å². The molecule has 0 radical (unpaired) electrons. The third-order valence-corrected chi connectivity index (χ3v) is 4.40. The van der Waals surface area contributed by atoms with E-state index in [2.05, 4.69) is 11.8 Å². The first-order chi connectivity index (χ1) is 9.02. The zero-order chi connectivity index (χ0) is 14.0. The van der Waals surface area contributed by atoms with Crippen molar-refractivity contribution in [1.29, 1.82) is 0 Å². The van der Waals surface area contributed by atoms with E-state index in [-0.39, 0.29) is 17.7 Å². The third-order valence-electron chi connectivity index (χ3n) is 4.40. The highest BCUT2D eigenvalue weighted by atomic mass is 19.1. The maximum absolute atomic E-state index is 13.8. The number of hydrogen-bond donors (Lipinski definition) is 1. The smallest absolute Gasteiger partial charge is 0.128 e. The van der Waals surface area contributed by atoms with Crippen molar-refractivity contribution in [2.75, 3.05) is 19.6 Å². The van der Waals surface area contributed by atoms with Crippen molar-refractivity contribution in [3.05, 3.63) is 35.4 Å². The van der Waals surface area contributed by atoms with Crippen LogP contribution >= 0.6 is 0 Å². The summed E-state index contributed by atoms with van der Waals surface area (Å²) in [6.07, 6.45) is 1.06. The molecule has 1 aromatic carbocycles. The van der Waals surface area contributed by atoms with Crippen LogP contribution in [0.25, 0.3) is 0 Å². The minimum atomic E-state index is -0.385. The minimum absolute atomic E-state index is 0.114. The lowest BCUT2D eigenvalue weighted by atomic mass is 9.86. The maximum atomic E-state index is 13.8. The largest absolute Gasteiger partial charge is 0.330 e. The molecular weight excluding hydrogens is 246 g/mol. The Balaban J connectivity index is 2.15. The second-order valence-corrected chi connectivity index (χ2v) is 5.60. The summed E-state index contributed by atoms with van der Waals surface area (Å²) < 4.78 is 27.1. The van der Waals surface area contributed by atoms with Crippen molar-refractivity contribution >= 4 is 0 Å². The molecule has 2 N–H and O–H groups in total. The highest BCUT2D eigenvalue weighted by molar-refractivity contribution is 5.22. The molecule has 1 aliphatic rings.